The fourth-order valence-electron chi connectivity index (χ4n) is 3.26. The predicted octanol–water partition coefficient (Wildman–Crippen LogP) is 3.03. The fraction of sp³-hybridized carbons (Fsp3) is 0.500. The summed E-state index contributed by atoms with van der Waals surface area (Å²) >= 11 is 0. The molecule has 0 spiro atoms. The lowest BCUT2D eigenvalue weighted by molar-refractivity contribution is 0.0791. The van der Waals surface area contributed by atoms with Gasteiger partial charge in [0.1, 0.15) is 0 Å². The van der Waals surface area contributed by atoms with Crippen LogP contribution >= 0.6 is 0 Å². The van der Waals surface area contributed by atoms with Gasteiger partial charge < -0.3 is 14.8 Å². The third-order valence-corrected chi connectivity index (χ3v) is 4.58. The molecule has 0 unspecified atom stereocenters. The first-order chi connectivity index (χ1) is 10.6. The summed E-state index contributed by atoms with van der Waals surface area (Å²) in [6, 6.07) is 6.17. The SMILES string of the molecule is Cc1ccc2c(C(=O)N(C)CCCN3CCCC3)c[nH]c2c1. The van der Waals surface area contributed by atoms with Crippen molar-refractivity contribution in [1.82, 2.24) is 14.8 Å². The van der Waals surface area contributed by atoms with Crippen LogP contribution in [0.1, 0.15) is 35.2 Å². The molecule has 0 bridgehead atoms. The van der Waals surface area contributed by atoms with Crippen molar-refractivity contribution >= 4 is 16.8 Å². The standard InChI is InChI=1S/C18H25N3O/c1-14-6-7-15-16(13-19-17(15)12-14)18(22)20(2)8-5-11-21-9-3-4-10-21/h6-7,12-13,19H,3-5,8-11H2,1-2H3. The van der Waals surface area contributed by atoms with Gasteiger partial charge in [-0.05, 0) is 57.5 Å². The van der Waals surface area contributed by atoms with Crippen molar-refractivity contribution in [2.75, 3.05) is 33.2 Å². The molecular formula is C18H25N3O. The van der Waals surface area contributed by atoms with Gasteiger partial charge in [-0.25, -0.2) is 0 Å². The molecule has 2 heterocycles. The molecule has 1 N–H and O–H groups in total. The molecule has 4 heteroatoms. The van der Waals surface area contributed by atoms with Gasteiger partial charge in [-0.2, -0.15) is 0 Å². The quantitative estimate of drug-likeness (QED) is 0.921. The Morgan fingerprint density at radius 1 is 1.32 bits per heavy atom. The summed E-state index contributed by atoms with van der Waals surface area (Å²) in [7, 11) is 1.90. The summed E-state index contributed by atoms with van der Waals surface area (Å²) in [5.41, 5.74) is 3.01. The Hall–Kier alpha value is -1.81. The van der Waals surface area contributed by atoms with Crippen molar-refractivity contribution in [3.63, 3.8) is 0 Å². The number of aromatic amines is 1. The summed E-state index contributed by atoms with van der Waals surface area (Å²) in [5, 5.41) is 1.02. The molecule has 0 aliphatic carbocycles. The molecule has 1 aliphatic heterocycles. The summed E-state index contributed by atoms with van der Waals surface area (Å²) in [4.78, 5) is 20.2. The first-order valence-electron chi connectivity index (χ1n) is 8.21. The topological polar surface area (TPSA) is 39.3 Å². The maximum absolute atomic E-state index is 12.6. The van der Waals surface area contributed by atoms with E-state index in [4.69, 9.17) is 0 Å². The molecule has 2 aromatic rings. The lowest BCUT2D eigenvalue weighted by atomic mass is 10.1. The van der Waals surface area contributed by atoms with Crippen LogP contribution in [0.25, 0.3) is 10.9 Å². The number of carbonyl (C=O) groups is 1. The molecule has 118 valence electrons. The molecule has 1 aliphatic rings. The summed E-state index contributed by atoms with van der Waals surface area (Å²) in [6.07, 6.45) is 5.53. The maximum atomic E-state index is 12.6. The van der Waals surface area contributed by atoms with Crippen molar-refractivity contribution in [2.45, 2.75) is 26.2 Å². The van der Waals surface area contributed by atoms with Gasteiger partial charge in [-0.15, -0.1) is 0 Å². The van der Waals surface area contributed by atoms with E-state index in [0.717, 1.165) is 36.0 Å². The van der Waals surface area contributed by atoms with E-state index >= 15 is 0 Å². The number of aryl methyl sites for hydroxylation is 1. The summed E-state index contributed by atoms with van der Waals surface area (Å²) in [6.45, 7) is 6.42. The molecule has 0 atom stereocenters. The Bertz CT molecular complexity index is 655. The minimum Gasteiger partial charge on any atom is -0.360 e. The van der Waals surface area contributed by atoms with Crippen LogP contribution in [0.2, 0.25) is 0 Å². The number of nitrogens with zero attached hydrogens (tertiary/aromatic N) is 2. The molecule has 1 amide bonds. The van der Waals surface area contributed by atoms with E-state index in [1.807, 2.05) is 24.2 Å². The van der Waals surface area contributed by atoms with Gasteiger partial charge in [0, 0.05) is 30.7 Å². The molecule has 1 aromatic heterocycles. The fourth-order valence-corrected chi connectivity index (χ4v) is 3.26. The number of fused-ring (bicyclic) bond motifs is 1. The first kappa shape index (κ1) is 15.1. The zero-order chi connectivity index (χ0) is 15.5. The van der Waals surface area contributed by atoms with E-state index in [9.17, 15) is 4.79 Å². The molecule has 4 nitrogen and oxygen atoms in total. The maximum Gasteiger partial charge on any atom is 0.255 e. The number of nitrogens with one attached hydrogen (secondary N) is 1. The minimum atomic E-state index is 0.108. The molecule has 1 aromatic carbocycles. The number of rotatable bonds is 5. The number of carbonyl (C=O) groups excluding carboxylic acids is 1. The Balaban J connectivity index is 1.61. The molecular weight excluding hydrogens is 274 g/mol. The normalized spacial score (nSPS) is 15.5. The largest absolute Gasteiger partial charge is 0.360 e. The van der Waals surface area contributed by atoms with Crippen LogP contribution in [0.3, 0.4) is 0 Å². The van der Waals surface area contributed by atoms with E-state index in [1.165, 1.54) is 31.5 Å². The molecule has 0 radical (unpaired) electrons. The number of H-pyrrole nitrogens is 1. The van der Waals surface area contributed by atoms with E-state index in [2.05, 4.69) is 28.9 Å². The molecule has 0 saturated carbocycles. The summed E-state index contributed by atoms with van der Waals surface area (Å²) < 4.78 is 0. The lowest BCUT2D eigenvalue weighted by Gasteiger charge is -2.19. The monoisotopic (exact) mass is 299 g/mol. The number of amides is 1. The van der Waals surface area contributed by atoms with Gasteiger partial charge in [0.15, 0.2) is 0 Å². The highest BCUT2D eigenvalue weighted by Gasteiger charge is 2.17. The van der Waals surface area contributed by atoms with Crippen LogP contribution in [0.4, 0.5) is 0 Å². The molecule has 1 saturated heterocycles. The van der Waals surface area contributed by atoms with Gasteiger partial charge in [-0.1, -0.05) is 12.1 Å². The Morgan fingerprint density at radius 3 is 2.86 bits per heavy atom. The Kier molecular flexibility index (Phi) is 4.48. The Labute approximate surface area is 132 Å². The zero-order valence-corrected chi connectivity index (χ0v) is 13.6. The average Bonchev–Trinajstić information content (AvgIpc) is 3.15. The number of benzene rings is 1. The Morgan fingerprint density at radius 2 is 2.09 bits per heavy atom. The van der Waals surface area contributed by atoms with Gasteiger partial charge in [0.05, 0.1) is 5.56 Å². The zero-order valence-electron chi connectivity index (χ0n) is 13.6. The second-order valence-electron chi connectivity index (χ2n) is 6.38. The minimum absolute atomic E-state index is 0.108. The second kappa shape index (κ2) is 6.53. The summed E-state index contributed by atoms with van der Waals surface area (Å²) in [5.74, 6) is 0.108. The first-order valence-corrected chi connectivity index (χ1v) is 8.21. The van der Waals surface area contributed by atoms with Crippen LogP contribution in [-0.2, 0) is 0 Å². The van der Waals surface area contributed by atoms with E-state index in [0.29, 0.717) is 0 Å². The number of likely N-dealkylation sites (tertiary alicyclic amines) is 1. The van der Waals surface area contributed by atoms with Gasteiger partial charge in [-0.3, -0.25) is 4.79 Å². The second-order valence-corrected chi connectivity index (χ2v) is 6.38. The number of hydrogen-bond acceptors (Lipinski definition) is 2. The van der Waals surface area contributed by atoms with Crippen molar-refractivity contribution in [1.29, 1.82) is 0 Å². The van der Waals surface area contributed by atoms with Crippen LogP contribution in [-0.4, -0.2) is 53.9 Å². The van der Waals surface area contributed by atoms with Crippen LogP contribution < -0.4 is 0 Å². The van der Waals surface area contributed by atoms with Gasteiger partial charge in [0.25, 0.3) is 5.91 Å². The smallest absolute Gasteiger partial charge is 0.255 e. The molecule has 22 heavy (non-hydrogen) atoms. The highest BCUT2D eigenvalue weighted by molar-refractivity contribution is 6.06. The highest BCUT2D eigenvalue weighted by atomic mass is 16.2. The van der Waals surface area contributed by atoms with E-state index < -0.39 is 0 Å². The number of hydrogen-bond donors (Lipinski definition) is 1. The number of aromatic nitrogens is 1. The predicted molar refractivity (Wildman–Crippen MR) is 90.3 cm³/mol. The van der Waals surface area contributed by atoms with Gasteiger partial charge >= 0.3 is 0 Å². The van der Waals surface area contributed by atoms with Crippen molar-refractivity contribution in [3.8, 4) is 0 Å². The highest BCUT2D eigenvalue weighted by Crippen LogP contribution is 2.20. The van der Waals surface area contributed by atoms with Gasteiger partial charge in [0.2, 0.25) is 0 Å². The van der Waals surface area contributed by atoms with Crippen molar-refractivity contribution < 1.29 is 4.79 Å². The van der Waals surface area contributed by atoms with Crippen molar-refractivity contribution in [3.05, 3.63) is 35.5 Å². The average molecular weight is 299 g/mol. The lowest BCUT2D eigenvalue weighted by Crippen LogP contribution is -2.30. The molecule has 3 rings (SSSR count). The van der Waals surface area contributed by atoms with Crippen molar-refractivity contribution in [2.24, 2.45) is 0 Å². The van der Waals surface area contributed by atoms with E-state index in [-0.39, 0.29) is 5.91 Å². The van der Waals surface area contributed by atoms with Crippen LogP contribution in [0, 0.1) is 6.92 Å². The third-order valence-electron chi connectivity index (χ3n) is 4.58. The van der Waals surface area contributed by atoms with Crippen LogP contribution in [0.5, 0.6) is 0 Å². The van der Waals surface area contributed by atoms with E-state index in [1.54, 1.807) is 0 Å². The third kappa shape index (κ3) is 3.17. The molecule has 1 fully saturated rings. The van der Waals surface area contributed by atoms with Crippen LogP contribution in [0.15, 0.2) is 24.4 Å².